The number of carboxylic acid groups (broad SMARTS) is 1. The van der Waals surface area contributed by atoms with E-state index in [-0.39, 0.29) is 23.2 Å². The number of amides is 2. The summed E-state index contributed by atoms with van der Waals surface area (Å²) in [4.78, 5) is 41.1. The van der Waals surface area contributed by atoms with Crippen LogP contribution in [0.3, 0.4) is 0 Å². The molecule has 2 N–H and O–H groups in total. The summed E-state index contributed by atoms with van der Waals surface area (Å²) in [5.74, 6) is -1.78. The van der Waals surface area contributed by atoms with Gasteiger partial charge in [-0.1, -0.05) is 18.2 Å². The van der Waals surface area contributed by atoms with Gasteiger partial charge in [0.15, 0.2) is 0 Å². The van der Waals surface area contributed by atoms with Crippen molar-refractivity contribution in [3.8, 4) is 0 Å². The van der Waals surface area contributed by atoms with E-state index in [1.807, 2.05) is 37.3 Å². The fourth-order valence-electron chi connectivity index (χ4n) is 2.92. The second-order valence-corrected chi connectivity index (χ2v) is 5.89. The quantitative estimate of drug-likeness (QED) is 0.883. The molecule has 25 heavy (non-hydrogen) atoms. The molecule has 0 spiro atoms. The number of aromatic carboxylic acids is 1. The zero-order chi connectivity index (χ0) is 18.0. The van der Waals surface area contributed by atoms with Crippen LogP contribution in [-0.4, -0.2) is 40.0 Å². The number of benzene rings is 1. The number of anilines is 1. The van der Waals surface area contributed by atoms with Crippen molar-refractivity contribution in [2.75, 3.05) is 4.90 Å². The lowest BCUT2D eigenvalue weighted by atomic mass is 10.1. The molecule has 2 aromatic rings. The van der Waals surface area contributed by atoms with E-state index in [2.05, 4.69) is 10.3 Å². The minimum absolute atomic E-state index is 0.0345. The Morgan fingerprint density at radius 3 is 2.52 bits per heavy atom. The van der Waals surface area contributed by atoms with Gasteiger partial charge in [0.2, 0.25) is 5.91 Å². The Labute approximate surface area is 144 Å². The van der Waals surface area contributed by atoms with Crippen LogP contribution >= 0.6 is 0 Å². The van der Waals surface area contributed by atoms with Crippen molar-refractivity contribution in [2.24, 2.45) is 0 Å². The summed E-state index contributed by atoms with van der Waals surface area (Å²) in [5, 5.41) is 11.5. The van der Waals surface area contributed by atoms with Gasteiger partial charge in [-0.2, -0.15) is 0 Å². The maximum atomic E-state index is 12.6. The van der Waals surface area contributed by atoms with Gasteiger partial charge >= 0.3 is 5.97 Å². The Balaban J connectivity index is 1.72. The minimum atomic E-state index is -1.16. The molecular weight excluding hydrogens is 322 g/mol. The van der Waals surface area contributed by atoms with Gasteiger partial charge < -0.3 is 15.3 Å². The van der Waals surface area contributed by atoms with Crippen molar-refractivity contribution >= 4 is 23.5 Å². The molecule has 7 nitrogen and oxygen atoms in total. The normalized spacial score (nSPS) is 19.7. The SMILES string of the molecule is C[C@H]1C[C@H](NC(=O)c2ccc(C(=O)O)nc2)C(=O)N1c1ccccc1. The summed E-state index contributed by atoms with van der Waals surface area (Å²) in [5.41, 5.74) is 0.866. The van der Waals surface area contributed by atoms with Crippen LogP contribution in [0.25, 0.3) is 0 Å². The number of rotatable bonds is 4. The first-order valence-corrected chi connectivity index (χ1v) is 7.85. The fourth-order valence-corrected chi connectivity index (χ4v) is 2.92. The molecule has 1 fully saturated rings. The minimum Gasteiger partial charge on any atom is -0.477 e. The number of nitrogens with zero attached hydrogens (tertiary/aromatic N) is 2. The van der Waals surface area contributed by atoms with Gasteiger partial charge in [0.25, 0.3) is 5.91 Å². The molecule has 2 atom stereocenters. The zero-order valence-electron chi connectivity index (χ0n) is 13.5. The highest BCUT2D eigenvalue weighted by Gasteiger charge is 2.38. The van der Waals surface area contributed by atoms with Crippen molar-refractivity contribution < 1.29 is 19.5 Å². The van der Waals surface area contributed by atoms with E-state index in [0.29, 0.717) is 6.42 Å². The van der Waals surface area contributed by atoms with E-state index < -0.39 is 17.9 Å². The van der Waals surface area contributed by atoms with Gasteiger partial charge in [0.05, 0.1) is 5.56 Å². The van der Waals surface area contributed by atoms with Crippen LogP contribution in [-0.2, 0) is 4.79 Å². The van der Waals surface area contributed by atoms with E-state index in [9.17, 15) is 14.4 Å². The van der Waals surface area contributed by atoms with Crippen LogP contribution in [0.15, 0.2) is 48.7 Å². The molecule has 0 radical (unpaired) electrons. The highest BCUT2D eigenvalue weighted by molar-refractivity contribution is 6.04. The number of aromatic nitrogens is 1. The molecule has 1 saturated heterocycles. The highest BCUT2D eigenvalue weighted by Crippen LogP contribution is 2.26. The van der Waals surface area contributed by atoms with Gasteiger partial charge in [-0.25, -0.2) is 9.78 Å². The van der Waals surface area contributed by atoms with Crippen molar-refractivity contribution in [3.05, 3.63) is 59.9 Å². The topological polar surface area (TPSA) is 99.6 Å². The van der Waals surface area contributed by atoms with Gasteiger partial charge in [0.1, 0.15) is 11.7 Å². The van der Waals surface area contributed by atoms with Gasteiger partial charge in [-0.3, -0.25) is 9.59 Å². The molecule has 1 aliphatic rings. The second kappa shape index (κ2) is 6.72. The van der Waals surface area contributed by atoms with Crippen molar-refractivity contribution in [2.45, 2.75) is 25.4 Å². The smallest absolute Gasteiger partial charge is 0.354 e. The number of hydrogen-bond acceptors (Lipinski definition) is 4. The zero-order valence-corrected chi connectivity index (χ0v) is 13.5. The molecule has 0 saturated carbocycles. The summed E-state index contributed by atoms with van der Waals surface area (Å²) in [7, 11) is 0. The Kier molecular flexibility index (Phi) is 4.47. The first kappa shape index (κ1) is 16.6. The number of pyridine rings is 1. The first-order chi connectivity index (χ1) is 12.0. The lowest BCUT2D eigenvalue weighted by Gasteiger charge is -2.21. The molecule has 1 aromatic carbocycles. The van der Waals surface area contributed by atoms with E-state index in [1.54, 1.807) is 4.90 Å². The third kappa shape index (κ3) is 3.35. The highest BCUT2D eigenvalue weighted by atomic mass is 16.4. The fraction of sp³-hybridized carbons (Fsp3) is 0.222. The molecule has 2 amide bonds. The molecule has 7 heteroatoms. The Hall–Kier alpha value is -3.22. The third-order valence-electron chi connectivity index (χ3n) is 4.14. The Bertz CT molecular complexity index is 805. The van der Waals surface area contributed by atoms with Crippen LogP contribution in [0.4, 0.5) is 5.69 Å². The van der Waals surface area contributed by atoms with E-state index >= 15 is 0 Å². The number of carbonyl (C=O) groups excluding carboxylic acids is 2. The molecule has 2 heterocycles. The van der Waals surface area contributed by atoms with Gasteiger partial charge in [-0.15, -0.1) is 0 Å². The summed E-state index contributed by atoms with van der Waals surface area (Å²) in [6, 6.07) is 11.3. The number of carboxylic acids is 1. The van der Waals surface area contributed by atoms with E-state index in [4.69, 9.17) is 5.11 Å². The monoisotopic (exact) mass is 339 g/mol. The molecule has 0 unspecified atom stereocenters. The molecule has 1 aromatic heterocycles. The third-order valence-corrected chi connectivity index (χ3v) is 4.14. The van der Waals surface area contributed by atoms with Crippen molar-refractivity contribution in [1.29, 1.82) is 0 Å². The molecule has 1 aliphatic heterocycles. The first-order valence-electron chi connectivity index (χ1n) is 7.85. The molecule has 128 valence electrons. The summed E-state index contributed by atoms with van der Waals surface area (Å²) in [6.07, 6.45) is 1.69. The molecule has 3 rings (SSSR count). The van der Waals surface area contributed by atoms with E-state index in [0.717, 1.165) is 5.69 Å². The predicted octanol–water partition coefficient (Wildman–Crippen LogP) is 1.70. The average Bonchev–Trinajstić information content (AvgIpc) is 2.89. The maximum absolute atomic E-state index is 12.6. The van der Waals surface area contributed by atoms with Crippen LogP contribution in [0, 0.1) is 0 Å². The summed E-state index contributed by atoms with van der Waals surface area (Å²) in [6.45, 7) is 1.93. The number of carbonyl (C=O) groups is 3. The van der Waals surface area contributed by atoms with E-state index in [1.165, 1.54) is 18.3 Å². The van der Waals surface area contributed by atoms with Gasteiger partial charge in [0, 0.05) is 17.9 Å². The van der Waals surface area contributed by atoms with Crippen LogP contribution in [0.1, 0.15) is 34.2 Å². The number of para-hydroxylation sites is 1. The summed E-state index contributed by atoms with van der Waals surface area (Å²) < 4.78 is 0. The molecular formula is C18H17N3O4. The Morgan fingerprint density at radius 1 is 1.20 bits per heavy atom. The average molecular weight is 339 g/mol. The number of nitrogens with one attached hydrogen (secondary N) is 1. The number of hydrogen-bond donors (Lipinski definition) is 2. The van der Waals surface area contributed by atoms with Gasteiger partial charge in [-0.05, 0) is 37.6 Å². The second-order valence-electron chi connectivity index (χ2n) is 5.89. The predicted molar refractivity (Wildman–Crippen MR) is 90.5 cm³/mol. The van der Waals surface area contributed by atoms with Crippen molar-refractivity contribution in [3.63, 3.8) is 0 Å². The Morgan fingerprint density at radius 2 is 1.92 bits per heavy atom. The van der Waals surface area contributed by atoms with Crippen LogP contribution < -0.4 is 10.2 Å². The maximum Gasteiger partial charge on any atom is 0.354 e. The molecule has 0 aliphatic carbocycles. The van der Waals surface area contributed by atoms with Crippen molar-refractivity contribution in [1.82, 2.24) is 10.3 Å². The van der Waals surface area contributed by atoms with Crippen LogP contribution in [0.5, 0.6) is 0 Å². The summed E-state index contributed by atoms with van der Waals surface area (Å²) >= 11 is 0. The van der Waals surface area contributed by atoms with Crippen LogP contribution in [0.2, 0.25) is 0 Å². The lowest BCUT2D eigenvalue weighted by molar-refractivity contribution is -0.118. The standard InChI is InChI=1S/C18H17N3O4/c1-11-9-15(17(23)21(11)13-5-3-2-4-6-13)20-16(22)12-7-8-14(18(24)25)19-10-12/h2-8,10-11,15H,9H2,1H3,(H,20,22)(H,24,25)/t11-,15-/m0/s1. The largest absolute Gasteiger partial charge is 0.477 e. The lowest BCUT2D eigenvalue weighted by Crippen LogP contribution is -2.42. The molecule has 0 bridgehead atoms.